The molecule has 1 aliphatic heterocycles. The van der Waals surface area contributed by atoms with Gasteiger partial charge in [-0.3, -0.25) is 14.5 Å². The number of hydrogen-bond acceptors (Lipinski definition) is 5. The lowest BCUT2D eigenvalue weighted by molar-refractivity contribution is -0.133. The maximum Gasteiger partial charge on any atom is 0.325 e. The summed E-state index contributed by atoms with van der Waals surface area (Å²) in [6.45, 7) is 1.27. The van der Waals surface area contributed by atoms with Crippen LogP contribution in [0.2, 0.25) is 0 Å². The van der Waals surface area contributed by atoms with Crippen molar-refractivity contribution >= 4 is 34.3 Å². The molecule has 1 fully saturated rings. The molecule has 0 spiro atoms. The van der Waals surface area contributed by atoms with Crippen molar-refractivity contribution in [2.24, 2.45) is 0 Å². The van der Waals surface area contributed by atoms with Gasteiger partial charge in [0.15, 0.2) is 5.13 Å². The van der Waals surface area contributed by atoms with Crippen LogP contribution in [0.15, 0.2) is 41.9 Å². The predicted octanol–water partition coefficient (Wildman–Crippen LogP) is 1.55. The average Bonchev–Trinajstić information content (AvgIpc) is 3.11. The van der Waals surface area contributed by atoms with Gasteiger partial charge in [0.1, 0.15) is 12.1 Å². The number of rotatable bonds is 4. The lowest BCUT2D eigenvalue weighted by Crippen LogP contribution is -2.42. The SMILES string of the molecule is C[C@]1(c2ccccc2)NC(=O)N(CC(=O)Nc2nccs2)C1=O. The van der Waals surface area contributed by atoms with Crippen LogP contribution in [-0.2, 0) is 15.1 Å². The van der Waals surface area contributed by atoms with Crippen molar-refractivity contribution in [2.45, 2.75) is 12.5 Å². The van der Waals surface area contributed by atoms with Gasteiger partial charge in [0.25, 0.3) is 5.91 Å². The van der Waals surface area contributed by atoms with E-state index in [2.05, 4.69) is 15.6 Å². The van der Waals surface area contributed by atoms with E-state index >= 15 is 0 Å². The first-order valence-corrected chi connectivity index (χ1v) is 7.77. The van der Waals surface area contributed by atoms with Crippen molar-refractivity contribution in [3.05, 3.63) is 47.5 Å². The molecule has 2 N–H and O–H groups in total. The van der Waals surface area contributed by atoms with Crippen molar-refractivity contribution < 1.29 is 14.4 Å². The number of urea groups is 1. The highest BCUT2D eigenvalue weighted by molar-refractivity contribution is 7.13. The molecule has 1 atom stereocenters. The van der Waals surface area contributed by atoms with Crippen LogP contribution in [-0.4, -0.2) is 34.3 Å². The molecule has 1 aromatic carbocycles. The van der Waals surface area contributed by atoms with E-state index in [4.69, 9.17) is 0 Å². The summed E-state index contributed by atoms with van der Waals surface area (Å²) in [7, 11) is 0. The van der Waals surface area contributed by atoms with Crippen LogP contribution < -0.4 is 10.6 Å². The number of nitrogens with one attached hydrogen (secondary N) is 2. The van der Waals surface area contributed by atoms with Crippen LogP contribution in [0.25, 0.3) is 0 Å². The van der Waals surface area contributed by atoms with Gasteiger partial charge in [0.05, 0.1) is 0 Å². The average molecular weight is 330 g/mol. The third-order valence-corrected chi connectivity index (χ3v) is 4.30. The van der Waals surface area contributed by atoms with Crippen LogP contribution >= 0.6 is 11.3 Å². The molecule has 1 aliphatic rings. The van der Waals surface area contributed by atoms with Crippen LogP contribution in [0.1, 0.15) is 12.5 Å². The topological polar surface area (TPSA) is 91.4 Å². The van der Waals surface area contributed by atoms with Gasteiger partial charge in [-0.2, -0.15) is 0 Å². The Kier molecular flexibility index (Phi) is 3.83. The molecule has 1 aromatic heterocycles. The summed E-state index contributed by atoms with van der Waals surface area (Å²) >= 11 is 1.26. The van der Waals surface area contributed by atoms with Gasteiger partial charge in [-0.15, -0.1) is 11.3 Å². The van der Waals surface area contributed by atoms with Gasteiger partial charge < -0.3 is 10.6 Å². The first-order valence-electron chi connectivity index (χ1n) is 6.90. The number of thiazole rings is 1. The zero-order valence-corrected chi connectivity index (χ0v) is 13.1. The molecular formula is C15H14N4O3S. The molecule has 2 heterocycles. The van der Waals surface area contributed by atoms with E-state index in [1.807, 2.05) is 6.07 Å². The molecule has 118 valence electrons. The lowest BCUT2D eigenvalue weighted by Gasteiger charge is -2.21. The van der Waals surface area contributed by atoms with Crippen molar-refractivity contribution in [1.82, 2.24) is 15.2 Å². The van der Waals surface area contributed by atoms with Crippen LogP contribution in [0.4, 0.5) is 9.93 Å². The van der Waals surface area contributed by atoms with E-state index in [1.165, 1.54) is 11.3 Å². The molecule has 1 saturated heterocycles. The second kappa shape index (κ2) is 5.81. The van der Waals surface area contributed by atoms with Crippen molar-refractivity contribution in [1.29, 1.82) is 0 Å². The number of amides is 4. The van der Waals surface area contributed by atoms with Gasteiger partial charge in [0.2, 0.25) is 5.91 Å². The number of aromatic nitrogens is 1. The second-order valence-electron chi connectivity index (χ2n) is 5.20. The Bertz CT molecular complexity index is 747. The molecule has 3 rings (SSSR count). The Morgan fingerprint density at radius 1 is 1.35 bits per heavy atom. The molecule has 0 bridgehead atoms. The van der Waals surface area contributed by atoms with E-state index < -0.39 is 23.4 Å². The standard InChI is InChI=1S/C15H14N4O3S/c1-15(10-5-3-2-4-6-10)12(21)19(14(22)18-15)9-11(20)17-13-16-7-8-23-13/h2-8H,9H2,1H3,(H,18,22)(H,16,17,20)/t15-/m1/s1. The summed E-state index contributed by atoms with van der Waals surface area (Å²) in [5, 5.41) is 7.35. The third-order valence-electron chi connectivity index (χ3n) is 3.61. The second-order valence-corrected chi connectivity index (χ2v) is 6.09. The van der Waals surface area contributed by atoms with Gasteiger partial charge in [-0.25, -0.2) is 9.78 Å². The minimum Gasteiger partial charge on any atom is -0.319 e. The van der Waals surface area contributed by atoms with Gasteiger partial charge in [-0.05, 0) is 12.5 Å². The Labute approximate surface area is 136 Å². The Hall–Kier alpha value is -2.74. The molecule has 7 nitrogen and oxygen atoms in total. The first kappa shape index (κ1) is 15.2. The maximum absolute atomic E-state index is 12.6. The molecular weight excluding hydrogens is 316 g/mol. The van der Waals surface area contributed by atoms with Crippen LogP contribution in [0.3, 0.4) is 0 Å². The van der Waals surface area contributed by atoms with Gasteiger partial charge in [-0.1, -0.05) is 30.3 Å². The summed E-state index contributed by atoms with van der Waals surface area (Å²) in [6.07, 6.45) is 1.56. The Morgan fingerprint density at radius 3 is 2.74 bits per heavy atom. The largest absolute Gasteiger partial charge is 0.325 e. The van der Waals surface area contributed by atoms with E-state index in [0.717, 1.165) is 4.90 Å². The van der Waals surface area contributed by atoms with Crippen molar-refractivity contribution in [3.8, 4) is 0 Å². The number of imide groups is 1. The minimum absolute atomic E-state index is 0.354. The highest BCUT2D eigenvalue weighted by atomic mass is 32.1. The molecule has 2 aromatic rings. The highest BCUT2D eigenvalue weighted by Crippen LogP contribution is 2.28. The number of carbonyl (C=O) groups excluding carboxylic acids is 3. The smallest absolute Gasteiger partial charge is 0.319 e. The van der Waals surface area contributed by atoms with Crippen LogP contribution in [0.5, 0.6) is 0 Å². The number of anilines is 1. The van der Waals surface area contributed by atoms with Gasteiger partial charge >= 0.3 is 6.03 Å². The van der Waals surface area contributed by atoms with Gasteiger partial charge in [0, 0.05) is 11.6 Å². The van der Waals surface area contributed by atoms with E-state index in [0.29, 0.717) is 10.7 Å². The number of carbonyl (C=O) groups is 3. The predicted molar refractivity (Wildman–Crippen MR) is 84.8 cm³/mol. The highest BCUT2D eigenvalue weighted by Gasteiger charge is 2.49. The monoisotopic (exact) mass is 330 g/mol. The lowest BCUT2D eigenvalue weighted by atomic mass is 9.92. The normalized spacial score (nSPS) is 20.5. The summed E-state index contributed by atoms with van der Waals surface area (Å²) < 4.78 is 0. The summed E-state index contributed by atoms with van der Waals surface area (Å²) in [5.74, 6) is -0.927. The number of nitrogens with zero attached hydrogens (tertiary/aromatic N) is 2. The zero-order valence-electron chi connectivity index (χ0n) is 12.3. The van der Waals surface area contributed by atoms with E-state index in [9.17, 15) is 14.4 Å². The number of hydrogen-bond donors (Lipinski definition) is 2. The molecule has 0 unspecified atom stereocenters. The summed E-state index contributed by atoms with van der Waals surface area (Å²) in [5.41, 5.74) is -0.499. The Balaban J connectivity index is 1.75. The van der Waals surface area contributed by atoms with E-state index in [1.54, 1.807) is 42.8 Å². The van der Waals surface area contributed by atoms with E-state index in [-0.39, 0.29) is 6.54 Å². The molecule has 8 heteroatoms. The quantitative estimate of drug-likeness (QED) is 0.832. The van der Waals surface area contributed by atoms with Crippen LogP contribution in [0, 0.1) is 0 Å². The molecule has 0 radical (unpaired) electrons. The summed E-state index contributed by atoms with van der Waals surface area (Å²) in [4.78, 5) is 41.6. The first-order chi connectivity index (χ1) is 11.0. The fourth-order valence-corrected chi connectivity index (χ4v) is 2.94. The molecule has 23 heavy (non-hydrogen) atoms. The fraction of sp³-hybridized carbons (Fsp3) is 0.200. The molecule has 4 amide bonds. The molecule has 0 saturated carbocycles. The number of benzene rings is 1. The molecule has 0 aliphatic carbocycles. The fourth-order valence-electron chi connectivity index (χ4n) is 2.40. The van der Waals surface area contributed by atoms with Crippen molar-refractivity contribution in [3.63, 3.8) is 0 Å². The summed E-state index contributed by atoms with van der Waals surface area (Å²) in [6, 6.07) is 8.34. The minimum atomic E-state index is -1.17. The van der Waals surface area contributed by atoms with Crippen molar-refractivity contribution in [2.75, 3.05) is 11.9 Å². The Morgan fingerprint density at radius 2 is 2.09 bits per heavy atom. The third kappa shape index (κ3) is 2.80. The zero-order chi connectivity index (χ0) is 16.4. The maximum atomic E-state index is 12.6.